The lowest BCUT2D eigenvalue weighted by atomic mass is 10.3. The van der Waals surface area contributed by atoms with E-state index in [-0.39, 0.29) is 0 Å². The van der Waals surface area contributed by atoms with Crippen LogP contribution in [0.3, 0.4) is 0 Å². The van der Waals surface area contributed by atoms with E-state index in [9.17, 15) is 0 Å². The van der Waals surface area contributed by atoms with Gasteiger partial charge in [-0.05, 0) is 28.8 Å². The molecule has 4 aromatic rings. The van der Waals surface area contributed by atoms with Crippen LogP contribution >= 0.6 is 22.7 Å². The zero-order chi connectivity index (χ0) is 16.2. The molecule has 0 aliphatic carbocycles. The minimum atomic E-state index is 0.458. The zero-order valence-corrected chi connectivity index (χ0v) is 14.2. The first-order chi connectivity index (χ1) is 11.9. The molecule has 8 heteroatoms. The van der Waals surface area contributed by atoms with Crippen molar-refractivity contribution in [2.45, 2.75) is 13.2 Å². The average molecular weight is 355 g/mol. The van der Waals surface area contributed by atoms with Crippen LogP contribution in [0.15, 0.2) is 53.2 Å². The Bertz CT molecular complexity index is 902. The quantitative estimate of drug-likeness (QED) is 0.530. The second-order valence-electron chi connectivity index (χ2n) is 4.96. The number of thiophene rings is 1. The molecule has 0 saturated heterocycles. The van der Waals surface area contributed by atoms with E-state index in [1.807, 2.05) is 53.2 Å². The fraction of sp³-hybridized carbons (Fsp3) is 0.125. The number of rotatable bonds is 6. The number of hydrogen-bond donors (Lipinski definition) is 0. The van der Waals surface area contributed by atoms with E-state index in [1.165, 1.54) is 0 Å². The predicted molar refractivity (Wildman–Crippen MR) is 93.1 cm³/mol. The van der Waals surface area contributed by atoms with E-state index < -0.39 is 0 Å². The number of ether oxygens (including phenoxy) is 1. The Morgan fingerprint density at radius 2 is 1.96 bits per heavy atom. The van der Waals surface area contributed by atoms with Gasteiger partial charge in [-0.1, -0.05) is 24.3 Å². The van der Waals surface area contributed by atoms with Crippen molar-refractivity contribution in [2.75, 3.05) is 0 Å². The number of para-hydroxylation sites is 1. The minimum Gasteiger partial charge on any atom is -0.486 e. The average Bonchev–Trinajstić information content (AvgIpc) is 3.36. The minimum absolute atomic E-state index is 0.458. The molecule has 24 heavy (non-hydrogen) atoms. The molecule has 3 heterocycles. The van der Waals surface area contributed by atoms with Gasteiger partial charge in [0.2, 0.25) is 5.82 Å². The topological polar surface area (TPSA) is 65.7 Å². The normalized spacial score (nSPS) is 10.8. The maximum absolute atomic E-state index is 5.71. The SMILES string of the molecule is c1ccc(OCc2nc(Cn3nnc(-c4cccs4)n3)cs2)cc1. The lowest BCUT2D eigenvalue weighted by Crippen LogP contribution is -2.05. The molecule has 1 aromatic carbocycles. The molecule has 0 spiro atoms. The highest BCUT2D eigenvalue weighted by Crippen LogP contribution is 2.20. The van der Waals surface area contributed by atoms with Crippen molar-refractivity contribution in [1.29, 1.82) is 0 Å². The van der Waals surface area contributed by atoms with Gasteiger partial charge in [0.15, 0.2) is 0 Å². The summed E-state index contributed by atoms with van der Waals surface area (Å²) in [7, 11) is 0. The Hall–Kier alpha value is -2.58. The molecule has 4 rings (SSSR count). The molecular formula is C16H13N5OS2. The lowest BCUT2D eigenvalue weighted by Gasteiger charge is -2.02. The summed E-state index contributed by atoms with van der Waals surface area (Å²) in [6, 6.07) is 13.7. The molecule has 0 aliphatic rings. The van der Waals surface area contributed by atoms with E-state index in [1.54, 1.807) is 27.5 Å². The van der Waals surface area contributed by atoms with E-state index in [4.69, 9.17) is 4.74 Å². The van der Waals surface area contributed by atoms with Gasteiger partial charge in [-0.2, -0.15) is 4.80 Å². The third kappa shape index (κ3) is 3.50. The fourth-order valence-electron chi connectivity index (χ4n) is 2.11. The van der Waals surface area contributed by atoms with Gasteiger partial charge < -0.3 is 4.74 Å². The highest BCUT2D eigenvalue weighted by Gasteiger charge is 2.09. The predicted octanol–water partition coefficient (Wildman–Crippen LogP) is 3.49. The molecule has 0 bridgehead atoms. The monoisotopic (exact) mass is 355 g/mol. The molecule has 6 nitrogen and oxygen atoms in total. The zero-order valence-electron chi connectivity index (χ0n) is 12.6. The number of hydrogen-bond acceptors (Lipinski definition) is 7. The highest BCUT2D eigenvalue weighted by molar-refractivity contribution is 7.13. The number of tetrazole rings is 1. The third-order valence-electron chi connectivity index (χ3n) is 3.20. The summed E-state index contributed by atoms with van der Waals surface area (Å²) in [6.07, 6.45) is 0. The molecule has 0 aliphatic heterocycles. The maximum atomic E-state index is 5.71. The molecule has 0 atom stereocenters. The first-order valence-electron chi connectivity index (χ1n) is 7.29. The Kier molecular flexibility index (Phi) is 4.30. The Morgan fingerprint density at radius 1 is 1.04 bits per heavy atom. The number of aromatic nitrogens is 5. The Labute approximate surface area is 146 Å². The van der Waals surface area contributed by atoms with Crippen LogP contribution in [0.1, 0.15) is 10.7 Å². The summed E-state index contributed by atoms with van der Waals surface area (Å²) in [5.74, 6) is 1.49. The van der Waals surface area contributed by atoms with Crippen LogP contribution in [0.2, 0.25) is 0 Å². The van der Waals surface area contributed by atoms with Gasteiger partial charge in [0.25, 0.3) is 0 Å². The third-order valence-corrected chi connectivity index (χ3v) is 4.94. The number of nitrogens with zero attached hydrogens (tertiary/aromatic N) is 5. The first kappa shape index (κ1) is 15.0. The summed E-state index contributed by atoms with van der Waals surface area (Å²) >= 11 is 3.17. The van der Waals surface area contributed by atoms with E-state index in [0.717, 1.165) is 21.3 Å². The van der Waals surface area contributed by atoms with Crippen LogP contribution in [-0.2, 0) is 13.2 Å². The van der Waals surface area contributed by atoms with Crippen molar-refractivity contribution < 1.29 is 4.74 Å². The van der Waals surface area contributed by atoms with Gasteiger partial charge in [-0.15, -0.1) is 32.9 Å². The molecule has 0 radical (unpaired) electrons. The molecule has 0 amide bonds. The van der Waals surface area contributed by atoms with Crippen molar-refractivity contribution in [3.8, 4) is 16.5 Å². The second-order valence-corrected chi connectivity index (χ2v) is 6.85. The summed E-state index contributed by atoms with van der Waals surface area (Å²) < 4.78 is 5.71. The summed E-state index contributed by atoms with van der Waals surface area (Å²) in [5.41, 5.74) is 0.904. The van der Waals surface area contributed by atoms with Crippen LogP contribution < -0.4 is 4.74 Å². The first-order valence-corrected chi connectivity index (χ1v) is 9.05. The van der Waals surface area contributed by atoms with E-state index in [0.29, 0.717) is 19.0 Å². The van der Waals surface area contributed by atoms with Crippen LogP contribution in [0.4, 0.5) is 0 Å². The van der Waals surface area contributed by atoms with Crippen molar-refractivity contribution >= 4 is 22.7 Å². The molecule has 3 aromatic heterocycles. The summed E-state index contributed by atoms with van der Waals surface area (Å²) in [6.45, 7) is 0.958. The molecular weight excluding hydrogens is 342 g/mol. The van der Waals surface area contributed by atoms with Crippen LogP contribution in [0, 0.1) is 0 Å². The van der Waals surface area contributed by atoms with Gasteiger partial charge in [-0.25, -0.2) is 4.98 Å². The summed E-state index contributed by atoms with van der Waals surface area (Å²) in [5, 5.41) is 17.5. The summed E-state index contributed by atoms with van der Waals surface area (Å²) in [4.78, 5) is 7.13. The smallest absolute Gasteiger partial charge is 0.214 e. The standard InChI is InChI=1S/C16H13N5OS2/c1-2-5-13(6-3-1)22-10-15-17-12(11-24-15)9-21-19-16(18-20-21)14-7-4-8-23-14/h1-8,11H,9-10H2. The van der Waals surface area contributed by atoms with Gasteiger partial charge >= 0.3 is 0 Å². The molecule has 0 saturated carbocycles. The molecule has 0 unspecified atom stereocenters. The lowest BCUT2D eigenvalue weighted by molar-refractivity contribution is 0.305. The van der Waals surface area contributed by atoms with Crippen LogP contribution in [0.5, 0.6) is 5.75 Å². The van der Waals surface area contributed by atoms with Gasteiger partial charge in [0.1, 0.15) is 23.9 Å². The van der Waals surface area contributed by atoms with Crippen LogP contribution in [0.25, 0.3) is 10.7 Å². The van der Waals surface area contributed by atoms with Crippen molar-refractivity contribution in [1.82, 2.24) is 25.2 Å². The van der Waals surface area contributed by atoms with E-state index >= 15 is 0 Å². The molecule has 0 N–H and O–H groups in total. The largest absolute Gasteiger partial charge is 0.486 e. The van der Waals surface area contributed by atoms with Crippen LogP contribution in [-0.4, -0.2) is 25.2 Å². The van der Waals surface area contributed by atoms with Crippen molar-refractivity contribution in [2.24, 2.45) is 0 Å². The Balaban J connectivity index is 1.38. The Morgan fingerprint density at radius 3 is 2.79 bits per heavy atom. The highest BCUT2D eigenvalue weighted by atomic mass is 32.1. The second kappa shape index (κ2) is 6.90. The van der Waals surface area contributed by atoms with Gasteiger partial charge in [-0.3, -0.25) is 0 Å². The van der Waals surface area contributed by atoms with Crippen molar-refractivity contribution in [3.05, 3.63) is 63.9 Å². The molecule has 0 fully saturated rings. The number of thiazole rings is 1. The molecule has 120 valence electrons. The fourth-order valence-corrected chi connectivity index (χ4v) is 3.45. The number of benzene rings is 1. The maximum Gasteiger partial charge on any atom is 0.214 e. The van der Waals surface area contributed by atoms with Gasteiger partial charge in [0.05, 0.1) is 10.6 Å². The van der Waals surface area contributed by atoms with Gasteiger partial charge in [0, 0.05) is 5.38 Å². The van der Waals surface area contributed by atoms with E-state index in [2.05, 4.69) is 20.4 Å². The van der Waals surface area contributed by atoms with Crippen molar-refractivity contribution in [3.63, 3.8) is 0 Å².